The molecule has 8 heteroatoms. The maximum atomic E-state index is 11.6. The van der Waals surface area contributed by atoms with Crippen LogP contribution in [0.5, 0.6) is 5.75 Å². The van der Waals surface area contributed by atoms with Crippen LogP contribution in [0.3, 0.4) is 0 Å². The van der Waals surface area contributed by atoms with Gasteiger partial charge in [-0.1, -0.05) is 23.7 Å². The summed E-state index contributed by atoms with van der Waals surface area (Å²) in [5, 5.41) is 13.1. The van der Waals surface area contributed by atoms with Crippen molar-refractivity contribution in [3.8, 4) is 5.75 Å². The molecule has 2 aliphatic rings. The van der Waals surface area contributed by atoms with Gasteiger partial charge in [0.25, 0.3) is 0 Å². The zero-order valence-electron chi connectivity index (χ0n) is 15.0. The van der Waals surface area contributed by atoms with E-state index in [0.29, 0.717) is 34.5 Å². The van der Waals surface area contributed by atoms with E-state index in [1.165, 1.54) is 19.0 Å². The van der Waals surface area contributed by atoms with Gasteiger partial charge >= 0.3 is 5.97 Å². The monoisotopic (exact) mass is 388 g/mol. The maximum Gasteiger partial charge on any atom is 0.341 e. The quantitative estimate of drug-likeness (QED) is 0.783. The van der Waals surface area contributed by atoms with Crippen LogP contribution >= 0.6 is 11.6 Å². The molecule has 2 heterocycles. The number of benzene rings is 1. The summed E-state index contributed by atoms with van der Waals surface area (Å²) in [5.41, 5.74) is 1.30. The van der Waals surface area contributed by atoms with Crippen LogP contribution in [0.25, 0.3) is 0 Å². The van der Waals surface area contributed by atoms with Crippen LogP contribution in [-0.2, 0) is 6.54 Å². The van der Waals surface area contributed by atoms with Crippen molar-refractivity contribution >= 4 is 29.3 Å². The Bertz CT molecular complexity index is 885. The highest BCUT2D eigenvalue weighted by Crippen LogP contribution is 2.53. The van der Waals surface area contributed by atoms with Gasteiger partial charge in [-0.15, -0.1) is 0 Å². The predicted molar refractivity (Wildman–Crippen MR) is 103 cm³/mol. The third kappa shape index (κ3) is 3.51. The van der Waals surface area contributed by atoms with E-state index < -0.39 is 5.97 Å². The Labute approximate surface area is 162 Å². The highest BCUT2D eigenvalue weighted by atomic mass is 35.5. The number of hydrogen-bond acceptors (Lipinski definition) is 6. The molecule has 1 saturated carbocycles. The number of nitrogens with one attached hydrogen (secondary N) is 1. The Hall–Kier alpha value is -2.54. The van der Waals surface area contributed by atoms with Crippen LogP contribution in [0.15, 0.2) is 24.4 Å². The second kappa shape index (κ2) is 6.88. The Kier molecular flexibility index (Phi) is 4.55. The van der Waals surface area contributed by atoms with Gasteiger partial charge in [0.1, 0.15) is 17.1 Å². The number of carboxylic acids is 1. The van der Waals surface area contributed by atoms with Crippen molar-refractivity contribution in [1.29, 1.82) is 0 Å². The average Bonchev–Trinajstić information content (AvgIpc) is 3.28. The van der Waals surface area contributed by atoms with E-state index in [9.17, 15) is 9.90 Å². The number of methoxy groups -OCH3 is 1. The summed E-state index contributed by atoms with van der Waals surface area (Å²) in [7, 11) is 1.55. The number of aromatic carboxylic acids is 1. The molecular weight excluding hydrogens is 368 g/mol. The molecule has 0 radical (unpaired) electrons. The van der Waals surface area contributed by atoms with Crippen LogP contribution in [0, 0.1) is 5.41 Å². The SMILES string of the molecule is COc1c(Cl)cccc1CNc1nc(N2CCC3(CC3)C2)ncc1C(=O)O. The molecule has 1 spiro atoms. The van der Waals surface area contributed by atoms with Crippen molar-refractivity contribution in [3.05, 3.63) is 40.5 Å². The number of nitrogens with zero attached hydrogens (tertiary/aromatic N) is 3. The van der Waals surface area contributed by atoms with Crippen molar-refractivity contribution < 1.29 is 14.6 Å². The van der Waals surface area contributed by atoms with Gasteiger partial charge in [0.15, 0.2) is 0 Å². The molecule has 0 bridgehead atoms. The van der Waals surface area contributed by atoms with Gasteiger partial charge in [0.2, 0.25) is 5.95 Å². The van der Waals surface area contributed by atoms with Crippen molar-refractivity contribution in [1.82, 2.24) is 9.97 Å². The highest BCUT2D eigenvalue weighted by molar-refractivity contribution is 6.32. The van der Waals surface area contributed by atoms with E-state index in [4.69, 9.17) is 16.3 Å². The molecule has 2 fully saturated rings. The first-order chi connectivity index (χ1) is 13.0. The number of carbonyl (C=O) groups is 1. The Morgan fingerprint density at radius 2 is 2.22 bits per heavy atom. The van der Waals surface area contributed by atoms with E-state index in [-0.39, 0.29) is 5.56 Å². The molecule has 142 valence electrons. The first kappa shape index (κ1) is 17.9. The first-order valence-electron chi connectivity index (χ1n) is 8.92. The predicted octanol–water partition coefficient (Wildman–Crippen LogP) is 3.44. The number of hydrogen-bond donors (Lipinski definition) is 2. The lowest BCUT2D eigenvalue weighted by Crippen LogP contribution is -2.23. The number of rotatable bonds is 6. The maximum absolute atomic E-state index is 11.6. The summed E-state index contributed by atoms with van der Waals surface area (Å²) in [5.74, 6) is 0.367. The lowest BCUT2D eigenvalue weighted by atomic mass is 10.1. The highest BCUT2D eigenvalue weighted by Gasteiger charge is 2.48. The van der Waals surface area contributed by atoms with Gasteiger partial charge in [-0.3, -0.25) is 0 Å². The molecule has 27 heavy (non-hydrogen) atoms. The van der Waals surface area contributed by atoms with E-state index in [1.54, 1.807) is 13.2 Å². The zero-order chi connectivity index (χ0) is 19.0. The number of para-hydroxylation sites is 1. The van der Waals surface area contributed by atoms with Gasteiger partial charge in [-0.05, 0) is 30.7 Å². The summed E-state index contributed by atoms with van der Waals surface area (Å²) in [4.78, 5) is 22.5. The Morgan fingerprint density at radius 3 is 2.89 bits per heavy atom. The van der Waals surface area contributed by atoms with Crippen LogP contribution in [0.1, 0.15) is 35.2 Å². The lowest BCUT2D eigenvalue weighted by molar-refractivity contribution is 0.0697. The average molecular weight is 389 g/mol. The summed E-state index contributed by atoms with van der Waals surface area (Å²) in [6, 6.07) is 5.44. The van der Waals surface area contributed by atoms with Crippen LogP contribution in [-0.4, -0.2) is 41.2 Å². The largest absolute Gasteiger partial charge is 0.495 e. The molecule has 1 aromatic heterocycles. The normalized spacial score (nSPS) is 17.2. The number of anilines is 2. The van der Waals surface area contributed by atoms with Gasteiger partial charge in [0.05, 0.1) is 12.1 Å². The van der Waals surface area contributed by atoms with Gasteiger partial charge in [-0.25, -0.2) is 9.78 Å². The molecule has 1 aliphatic heterocycles. The van der Waals surface area contributed by atoms with E-state index in [2.05, 4.69) is 20.2 Å². The number of carboxylic acid groups (broad SMARTS) is 1. The smallest absolute Gasteiger partial charge is 0.341 e. The Morgan fingerprint density at radius 1 is 1.41 bits per heavy atom. The molecular formula is C19H21ClN4O3. The molecule has 2 N–H and O–H groups in total. The van der Waals surface area contributed by atoms with E-state index in [0.717, 1.165) is 25.1 Å². The number of ether oxygens (including phenoxy) is 1. The van der Waals surface area contributed by atoms with E-state index >= 15 is 0 Å². The van der Waals surface area contributed by atoms with E-state index in [1.807, 2.05) is 12.1 Å². The second-order valence-electron chi connectivity index (χ2n) is 7.19. The molecule has 0 unspecified atom stereocenters. The molecule has 7 nitrogen and oxygen atoms in total. The minimum atomic E-state index is -1.07. The molecule has 1 aromatic carbocycles. The van der Waals surface area contributed by atoms with Crippen molar-refractivity contribution in [2.24, 2.45) is 5.41 Å². The van der Waals surface area contributed by atoms with Crippen molar-refractivity contribution in [2.45, 2.75) is 25.8 Å². The summed E-state index contributed by atoms with van der Waals surface area (Å²) >= 11 is 6.16. The third-order valence-electron chi connectivity index (χ3n) is 5.38. The summed E-state index contributed by atoms with van der Waals surface area (Å²) < 4.78 is 5.35. The number of aromatic nitrogens is 2. The fraction of sp³-hybridized carbons (Fsp3) is 0.421. The van der Waals surface area contributed by atoms with Gasteiger partial charge in [-0.2, -0.15) is 4.98 Å². The molecule has 4 rings (SSSR count). The Balaban J connectivity index is 1.58. The first-order valence-corrected chi connectivity index (χ1v) is 9.30. The van der Waals surface area contributed by atoms with Crippen LogP contribution in [0.4, 0.5) is 11.8 Å². The van der Waals surface area contributed by atoms with Crippen LogP contribution in [0.2, 0.25) is 5.02 Å². The standard InChI is InChI=1S/C19H21ClN4O3/c1-27-15-12(3-2-4-14(15)20)9-21-16-13(17(25)26)10-22-18(23-16)24-8-7-19(11-24)5-6-19/h2-4,10H,5-9,11H2,1H3,(H,25,26)(H,21,22,23). The van der Waals surface area contributed by atoms with Gasteiger partial charge < -0.3 is 20.1 Å². The fourth-order valence-electron chi connectivity index (χ4n) is 3.61. The fourth-order valence-corrected chi connectivity index (χ4v) is 3.88. The zero-order valence-corrected chi connectivity index (χ0v) is 15.8. The summed E-state index contributed by atoms with van der Waals surface area (Å²) in [6.45, 7) is 2.19. The number of halogens is 1. The minimum Gasteiger partial charge on any atom is -0.495 e. The second-order valence-corrected chi connectivity index (χ2v) is 7.60. The topological polar surface area (TPSA) is 87.6 Å². The molecule has 0 atom stereocenters. The summed E-state index contributed by atoms with van der Waals surface area (Å²) in [6.07, 6.45) is 5.05. The lowest BCUT2D eigenvalue weighted by Gasteiger charge is -2.18. The van der Waals surface area contributed by atoms with Gasteiger partial charge in [0, 0.05) is 31.4 Å². The van der Waals surface area contributed by atoms with Crippen molar-refractivity contribution in [3.63, 3.8) is 0 Å². The molecule has 1 saturated heterocycles. The van der Waals surface area contributed by atoms with Crippen molar-refractivity contribution in [2.75, 3.05) is 30.4 Å². The van der Waals surface area contributed by atoms with Crippen LogP contribution < -0.4 is 15.0 Å². The molecule has 1 aliphatic carbocycles. The third-order valence-corrected chi connectivity index (χ3v) is 5.68. The molecule has 2 aromatic rings. The minimum absolute atomic E-state index is 0.0417. The molecule has 0 amide bonds.